The lowest BCUT2D eigenvalue weighted by Gasteiger charge is -2.28. The number of hydrogen-bond acceptors (Lipinski definition) is 6. The van der Waals surface area contributed by atoms with E-state index in [0.717, 1.165) is 5.56 Å². The zero-order valence-electron chi connectivity index (χ0n) is 21.9. The summed E-state index contributed by atoms with van der Waals surface area (Å²) in [5.74, 6) is -0.736. The molecule has 3 aromatic carbocycles. The quantitative estimate of drug-likeness (QED) is 0.296. The van der Waals surface area contributed by atoms with Gasteiger partial charge in [0.25, 0.3) is 5.91 Å². The van der Waals surface area contributed by atoms with Crippen molar-refractivity contribution in [2.75, 3.05) is 19.1 Å². The Hall–Kier alpha value is -4.52. The number of hydrogen-bond donors (Lipinski definition) is 1. The Labute approximate surface area is 220 Å². The van der Waals surface area contributed by atoms with Gasteiger partial charge in [-0.15, -0.1) is 0 Å². The van der Waals surface area contributed by atoms with E-state index in [1.54, 1.807) is 55.6 Å². The smallest absolute Gasteiger partial charge is 0.294 e. The number of methoxy groups -OCH3 is 2. The first-order chi connectivity index (χ1) is 18.1. The van der Waals surface area contributed by atoms with Crippen LogP contribution in [0.15, 0.2) is 88.5 Å². The number of ketones is 1. The molecular formula is C31H29NO6. The first-order valence-electron chi connectivity index (χ1n) is 12.3. The Morgan fingerprint density at radius 2 is 1.63 bits per heavy atom. The van der Waals surface area contributed by atoms with Gasteiger partial charge in [0.15, 0.2) is 22.9 Å². The molecule has 1 aliphatic rings. The minimum Gasteiger partial charge on any atom is -0.503 e. The van der Waals surface area contributed by atoms with Gasteiger partial charge in [-0.25, -0.2) is 0 Å². The molecule has 0 aliphatic carbocycles. The summed E-state index contributed by atoms with van der Waals surface area (Å²) in [6.07, 6.45) is 0. The van der Waals surface area contributed by atoms with Crippen LogP contribution in [0.5, 0.6) is 11.5 Å². The maximum absolute atomic E-state index is 13.9. The molecule has 5 rings (SSSR count). The van der Waals surface area contributed by atoms with E-state index in [-0.39, 0.29) is 16.7 Å². The number of para-hydroxylation sites is 1. The Morgan fingerprint density at radius 1 is 0.947 bits per heavy atom. The molecule has 1 amide bonds. The number of Topliss-reactive ketones (excluding diaryl/α,β-unsaturated/α-hetero) is 1. The number of anilines is 1. The van der Waals surface area contributed by atoms with Crippen LogP contribution >= 0.6 is 0 Å². The highest BCUT2D eigenvalue weighted by atomic mass is 16.5. The van der Waals surface area contributed by atoms with Crippen LogP contribution in [0.4, 0.5) is 5.69 Å². The number of carbonyl (C=O) groups excluding carboxylic acids is 2. The summed E-state index contributed by atoms with van der Waals surface area (Å²) in [6.45, 7) is 6.32. The predicted octanol–water partition coefficient (Wildman–Crippen LogP) is 6.53. The van der Waals surface area contributed by atoms with Gasteiger partial charge in [0, 0.05) is 11.1 Å². The number of rotatable bonds is 6. The molecule has 0 saturated heterocycles. The molecule has 7 heteroatoms. The van der Waals surface area contributed by atoms with E-state index in [4.69, 9.17) is 13.9 Å². The monoisotopic (exact) mass is 511 g/mol. The normalized spacial score (nSPS) is 15.9. The van der Waals surface area contributed by atoms with Crippen molar-refractivity contribution in [3.05, 3.63) is 101 Å². The third-order valence-corrected chi connectivity index (χ3v) is 6.85. The summed E-state index contributed by atoms with van der Waals surface area (Å²) >= 11 is 0. The van der Waals surface area contributed by atoms with Gasteiger partial charge < -0.3 is 19.0 Å². The molecule has 1 aliphatic heterocycles. The van der Waals surface area contributed by atoms with Crippen LogP contribution in [0.1, 0.15) is 48.5 Å². The molecule has 0 radical (unpaired) electrons. The number of benzene rings is 3. The Balaban J connectivity index is 1.63. The number of carbonyl (C=O) groups is 2. The fourth-order valence-corrected chi connectivity index (χ4v) is 4.77. The molecule has 2 heterocycles. The second-order valence-electron chi connectivity index (χ2n) is 10.2. The van der Waals surface area contributed by atoms with Gasteiger partial charge in [-0.1, -0.05) is 57.2 Å². The van der Waals surface area contributed by atoms with Crippen LogP contribution in [0.25, 0.3) is 11.0 Å². The van der Waals surface area contributed by atoms with E-state index in [9.17, 15) is 14.7 Å². The van der Waals surface area contributed by atoms with Crippen molar-refractivity contribution < 1.29 is 28.6 Å². The summed E-state index contributed by atoms with van der Waals surface area (Å²) in [5, 5.41) is 11.8. The van der Waals surface area contributed by atoms with Crippen LogP contribution in [0, 0.1) is 0 Å². The third kappa shape index (κ3) is 4.20. The fourth-order valence-electron chi connectivity index (χ4n) is 4.77. The average molecular weight is 512 g/mol. The van der Waals surface area contributed by atoms with Crippen molar-refractivity contribution >= 4 is 28.3 Å². The lowest BCUT2D eigenvalue weighted by molar-refractivity contribution is -0.117. The van der Waals surface area contributed by atoms with Crippen LogP contribution in [0.2, 0.25) is 0 Å². The predicted molar refractivity (Wildman–Crippen MR) is 145 cm³/mol. The van der Waals surface area contributed by atoms with Gasteiger partial charge in [-0.2, -0.15) is 0 Å². The van der Waals surface area contributed by atoms with E-state index in [1.807, 2.05) is 24.3 Å². The van der Waals surface area contributed by atoms with E-state index >= 15 is 0 Å². The molecule has 0 fully saturated rings. The Morgan fingerprint density at radius 3 is 2.24 bits per heavy atom. The number of nitrogens with zero attached hydrogens (tertiary/aromatic N) is 1. The highest BCUT2D eigenvalue weighted by Gasteiger charge is 2.45. The zero-order chi connectivity index (χ0) is 27.2. The first-order valence-corrected chi connectivity index (χ1v) is 12.3. The molecule has 1 atom stereocenters. The lowest BCUT2D eigenvalue weighted by Crippen LogP contribution is -2.31. The molecule has 194 valence electrons. The highest BCUT2D eigenvalue weighted by molar-refractivity contribution is 6.20. The second kappa shape index (κ2) is 9.41. The maximum atomic E-state index is 13.9. The van der Waals surface area contributed by atoms with Gasteiger partial charge in [0.2, 0.25) is 5.78 Å². The van der Waals surface area contributed by atoms with Gasteiger partial charge in [-0.05, 0) is 52.9 Å². The van der Waals surface area contributed by atoms with Gasteiger partial charge in [-0.3, -0.25) is 14.5 Å². The molecule has 0 bridgehead atoms. The maximum Gasteiger partial charge on any atom is 0.294 e. The highest BCUT2D eigenvalue weighted by Crippen LogP contribution is 2.43. The molecular weight excluding hydrogens is 482 g/mol. The van der Waals surface area contributed by atoms with Crippen molar-refractivity contribution in [2.24, 2.45) is 0 Å². The largest absolute Gasteiger partial charge is 0.503 e. The van der Waals surface area contributed by atoms with Crippen LogP contribution in [0.3, 0.4) is 0 Å². The Bertz CT molecular complexity index is 1550. The summed E-state index contributed by atoms with van der Waals surface area (Å²) in [4.78, 5) is 28.8. The number of aliphatic hydroxyl groups is 1. The van der Waals surface area contributed by atoms with E-state index in [2.05, 4.69) is 20.8 Å². The lowest BCUT2D eigenvalue weighted by atomic mass is 9.87. The van der Waals surface area contributed by atoms with Crippen molar-refractivity contribution in [3.8, 4) is 11.5 Å². The molecule has 1 aromatic heterocycles. The number of aliphatic hydroxyl groups excluding tert-OH is 1. The van der Waals surface area contributed by atoms with Crippen molar-refractivity contribution in [1.82, 2.24) is 0 Å². The third-order valence-electron chi connectivity index (χ3n) is 6.85. The van der Waals surface area contributed by atoms with Crippen LogP contribution < -0.4 is 14.4 Å². The second-order valence-corrected chi connectivity index (χ2v) is 10.2. The number of amides is 1. The van der Waals surface area contributed by atoms with Gasteiger partial charge >= 0.3 is 0 Å². The summed E-state index contributed by atoms with van der Waals surface area (Å²) in [5.41, 5.74) is 2.58. The molecule has 1 N–H and O–H groups in total. The fraction of sp³-hybridized carbons (Fsp3) is 0.226. The average Bonchev–Trinajstić information content (AvgIpc) is 3.47. The number of ether oxygens (including phenoxy) is 2. The van der Waals surface area contributed by atoms with Crippen LogP contribution in [-0.4, -0.2) is 31.0 Å². The minimum absolute atomic E-state index is 0.00212. The Kier molecular flexibility index (Phi) is 6.23. The van der Waals surface area contributed by atoms with Gasteiger partial charge in [0.05, 0.1) is 25.8 Å². The van der Waals surface area contributed by atoms with Crippen LogP contribution in [-0.2, 0) is 10.2 Å². The summed E-state index contributed by atoms with van der Waals surface area (Å²) < 4.78 is 16.6. The molecule has 4 aromatic rings. The molecule has 38 heavy (non-hydrogen) atoms. The van der Waals surface area contributed by atoms with Crippen molar-refractivity contribution in [1.29, 1.82) is 0 Å². The molecule has 0 saturated carbocycles. The first kappa shape index (κ1) is 25.1. The number of fused-ring (bicyclic) bond motifs is 1. The van der Waals surface area contributed by atoms with E-state index in [0.29, 0.717) is 33.7 Å². The molecule has 7 nitrogen and oxygen atoms in total. The number of furan rings is 1. The SMILES string of the molecule is COc1ccc(C2C(C(=O)c3cc4cccc(OC)c4o3)=C(O)C(=O)N2c2ccc(C(C)(C)C)cc2)cc1. The summed E-state index contributed by atoms with van der Waals surface area (Å²) in [6, 6.07) is 20.7. The summed E-state index contributed by atoms with van der Waals surface area (Å²) in [7, 11) is 3.08. The van der Waals surface area contributed by atoms with Crippen molar-refractivity contribution in [2.45, 2.75) is 32.2 Å². The topological polar surface area (TPSA) is 89.2 Å². The van der Waals surface area contributed by atoms with Crippen molar-refractivity contribution in [3.63, 3.8) is 0 Å². The molecule has 1 unspecified atom stereocenters. The minimum atomic E-state index is -0.878. The van der Waals surface area contributed by atoms with Gasteiger partial charge in [0.1, 0.15) is 5.75 Å². The molecule has 0 spiro atoms. The van der Waals surface area contributed by atoms with E-state index < -0.39 is 23.5 Å². The zero-order valence-corrected chi connectivity index (χ0v) is 21.9. The van der Waals surface area contributed by atoms with E-state index in [1.165, 1.54) is 12.0 Å². The standard InChI is InChI=1S/C31H29NO6/c1-31(2,3)20-11-13-21(14-12-20)32-26(18-9-15-22(36-4)16-10-18)25(28(34)30(32)35)27(33)24-17-19-7-6-8-23(37-5)29(19)38-24/h6-17,26,34H,1-5H3.